The van der Waals surface area contributed by atoms with E-state index in [1.807, 2.05) is 24.3 Å². The van der Waals surface area contributed by atoms with Gasteiger partial charge in [-0.15, -0.1) is 0 Å². The maximum Gasteiger partial charge on any atom is 0.164 e. The average Bonchev–Trinajstić information content (AvgIpc) is 1.59. The maximum absolute atomic E-state index is 6.78. The van der Waals surface area contributed by atoms with E-state index >= 15 is 0 Å². The van der Waals surface area contributed by atoms with Gasteiger partial charge in [0, 0.05) is 87.6 Å². The minimum atomic E-state index is 0.537. The number of rotatable bonds is 8. The van der Waals surface area contributed by atoms with Crippen molar-refractivity contribution in [3.05, 3.63) is 291 Å². The number of fused-ring (bicyclic) bond motifs is 16. The number of aromatic nitrogens is 6. The zero-order chi connectivity index (χ0) is 58.3. The smallest absolute Gasteiger partial charge is 0.164 e. The van der Waals surface area contributed by atoms with Crippen LogP contribution in [0.4, 0.5) is 0 Å². The van der Waals surface area contributed by atoms with Crippen LogP contribution < -0.4 is 0 Å². The van der Waals surface area contributed by atoms with Gasteiger partial charge in [-0.3, -0.25) is 0 Å². The van der Waals surface area contributed by atoms with Gasteiger partial charge in [-0.2, -0.15) is 0 Å². The fourth-order valence-electron chi connectivity index (χ4n) is 14.1. The van der Waals surface area contributed by atoms with Gasteiger partial charge in [0.25, 0.3) is 0 Å². The third-order valence-electron chi connectivity index (χ3n) is 18.1. The Morgan fingerprint density at radius 3 is 1.37 bits per heavy atom. The van der Waals surface area contributed by atoms with Gasteiger partial charge in [-0.1, -0.05) is 182 Å². The highest BCUT2D eigenvalue weighted by Crippen LogP contribution is 2.45. The van der Waals surface area contributed by atoms with Crippen molar-refractivity contribution in [2.45, 2.75) is 0 Å². The molecule has 0 saturated heterocycles. The van der Waals surface area contributed by atoms with Gasteiger partial charge < -0.3 is 22.5 Å². The van der Waals surface area contributed by atoms with E-state index in [-0.39, 0.29) is 0 Å². The first-order valence-corrected chi connectivity index (χ1v) is 30.1. The van der Waals surface area contributed by atoms with E-state index in [1.165, 1.54) is 38.0 Å². The molecule has 0 aliphatic rings. The van der Waals surface area contributed by atoms with Gasteiger partial charge in [0.05, 0.1) is 33.1 Å². The Kier molecular flexibility index (Phi) is 10.6. The summed E-state index contributed by atoms with van der Waals surface area (Å²) in [5.74, 6) is 1.64. The Labute approximate surface area is 508 Å². The monoisotopic (exact) mass is 1140 g/mol. The Hall–Kier alpha value is -12.1. The summed E-state index contributed by atoms with van der Waals surface area (Å²) in [6, 6.07) is 103. The van der Waals surface area contributed by atoms with Gasteiger partial charge in [0.1, 0.15) is 22.3 Å². The maximum atomic E-state index is 6.78. The Bertz CT molecular complexity index is 6070. The molecule has 19 rings (SSSR count). The summed E-state index contributed by atoms with van der Waals surface area (Å²) in [4.78, 5) is 16.3. The molecule has 6 heterocycles. The number of furan rings is 2. The highest BCUT2D eigenvalue weighted by molar-refractivity contribution is 6.24. The molecule has 6 aromatic heterocycles. The van der Waals surface area contributed by atoms with Crippen LogP contribution in [0.3, 0.4) is 0 Å². The zero-order valence-electron chi connectivity index (χ0n) is 47.7. The lowest BCUT2D eigenvalue weighted by Gasteiger charge is -2.12. The Balaban J connectivity index is 0.792. The molecule has 0 aliphatic heterocycles. The third-order valence-corrected chi connectivity index (χ3v) is 18.1. The van der Waals surface area contributed by atoms with Crippen molar-refractivity contribution in [3.8, 4) is 73.5 Å². The molecule has 0 amide bonds. The topological polar surface area (TPSA) is 79.7 Å². The first-order valence-electron chi connectivity index (χ1n) is 30.1. The minimum Gasteiger partial charge on any atom is -0.456 e. The van der Waals surface area contributed by atoms with Gasteiger partial charge >= 0.3 is 0 Å². The van der Waals surface area contributed by atoms with E-state index in [9.17, 15) is 0 Å². The lowest BCUT2D eigenvalue weighted by molar-refractivity contribution is 0.668. The fraction of sp³-hybridized carbons (Fsp3) is 0. The Morgan fingerprint density at radius 1 is 0.225 bits per heavy atom. The van der Waals surface area contributed by atoms with Crippen molar-refractivity contribution in [3.63, 3.8) is 0 Å². The van der Waals surface area contributed by atoms with Crippen LogP contribution in [0, 0.1) is 0 Å². The SMILES string of the molecule is c1ccc(-n2c3ccccc3c3ccc4c5cc(-c6ccc7oc8cccc(-c9nc(-c%10cccc(-c%11ccc%12c(c%11)oc%11ccccc%11%12)c%10)nc(-c%10cccc(-n%11c%12ccccc%12c%12ccccc%12%11)c%10)n9)c8c7c6)ccc5n(-c5ccccc5)c4c32)cc1. The van der Waals surface area contributed by atoms with Crippen LogP contribution >= 0.6 is 0 Å². The lowest BCUT2D eigenvalue weighted by Crippen LogP contribution is -2.01. The molecule has 0 aliphatic carbocycles. The predicted molar refractivity (Wildman–Crippen MR) is 365 cm³/mol. The van der Waals surface area contributed by atoms with Crippen molar-refractivity contribution in [1.29, 1.82) is 0 Å². The van der Waals surface area contributed by atoms with E-state index in [2.05, 4.69) is 281 Å². The summed E-state index contributed by atoms with van der Waals surface area (Å²) >= 11 is 0. The molecule has 414 valence electrons. The fourth-order valence-corrected chi connectivity index (χ4v) is 14.1. The number of hydrogen-bond donors (Lipinski definition) is 0. The summed E-state index contributed by atoms with van der Waals surface area (Å²) in [6.45, 7) is 0. The second kappa shape index (κ2) is 19.2. The molecule has 0 spiro atoms. The molecule has 0 unspecified atom stereocenters. The van der Waals surface area contributed by atoms with Gasteiger partial charge in [-0.05, 0) is 131 Å². The standard InChI is InChI=1S/C81H48N6O2/c1-3-21-55(22-4-1)86-70-33-13-9-28-60(70)63-40-41-64-66-46-50(37-42-71(66)87(78(64)77(63)86)56-23-5-2-6-24-56)51-38-43-73-67(47-51)76-65(30-17-35-74(76)88-73)81-83-79(53-19-15-18-49(44-53)52-36-39-62-61-29-10-14-34-72(61)89-75(62)48-52)82-80(84-81)54-20-16-25-57(45-54)85-68-31-11-7-26-58(68)59-27-8-12-32-69(59)85/h1-48H. The van der Waals surface area contributed by atoms with Crippen LogP contribution in [0.25, 0.3) is 183 Å². The lowest BCUT2D eigenvalue weighted by atomic mass is 9.99. The van der Waals surface area contributed by atoms with E-state index in [1.54, 1.807) is 0 Å². The molecule has 19 aromatic rings. The zero-order valence-corrected chi connectivity index (χ0v) is 47.7. The molecule has 8 heteroatoms. The van der Waals surface area contributed by atoms with Crippen LogP contribution in [0.5, 0.6) is 0 Å². The second-order valence-electron chi connectivity index (χ2n) is 23.1. The predicted octanol–water partition coefficient (Wildman–Crippen LogP) is 21.3. The normalized spacial score (nSPS) is 12.0. The van der Waals surface area contributed by atoms with E-state index in [4.69, 9.17) is 23.8 Å². The van der Waals surface area contributed by atoms with E-state index < -0.39 is 0 Å². The molecule has 0 fully saturated rings. The van der Waals surface area contributed by atoms with Gasteiger partial charge in [-0.25, -0.2) is 15.0 Å². The van der Waals surface area contributed by atoms with Crippen molar-refractivity contribution < 1.29 is 8.83 Å². The van der Waals surface area contributed by atoms with Gasteiger partial charge in [0.15, 0.2) is 17.5 Å². The molecule has 0 radical (unpaired) electrons. The number of para-hydroxylation sites is 6. The van der Waals surface area contributed by atoms with Crippen LogP contribution in [0.1, 0.15) is 0 Å². The molecular weight excluding hydrogens is 1090 g/mol. The average molecular weight is 1140 g/mol. The summed E-state index contributed by atoms with van der Waals surface area (Å²) in [6.07, 6.45) is 0. The quantitative estimate of drug-likeness (QED) is 0.151. The highest BCUT2D eigenvalue weighted by atomic mass is 16.3. The minimum absolute atomic E-state index is 0.537. The Morgan fingerprint density at radius 2 is 0.663 bits per heavy atom. The van der Waals surface area contributed by atoms with E-state index in [0.717, 1.165) is 127 Å². The van der Waals surface area contributed by atoms with Crippen LogP contribution in [0.15, 0.2) is 300 Å². The largest absolute Gasteiger partial charge is 0.456 e. The molecular formula is C81H48N6O2. The van der Waals surface area contributed by atoms with Crippen molar-refractivity contribution >= 4 is 109 Å². The van der Waals surface area contributed by atoms with Crippen LogP contribution in [-0.4, -0.2) is 28.7 Å². The number of hydrogen-bond acceptors (Lipinski definition) is 5. The molecule has 0 atom stereocenters. The van der Waals surface area contributed by atoms with Crippen LogP contribution in [-0.2, 0) is 0 Å². The number of benzene rings is 13. The molecule has 0 saturated carbocycles. The molecule has 0 bridgehead atoms. The number of nitrogens with zero attached hydrogens (tertiary/aromatic N) is 6. The summed E-state index contributed by atoms with van der Waals surface area (Å²) in [7, 11) is 0. The summed E-state index contributed by atoms with van der Waals surface area (Å²) in [5.41, 5.74) is 20.1. The van der Waals surface area contributed by atoms with Crippen molar-refractivity contribution in [2.75, 3.05) is 0 Å². The summed E-state index contributed by atoms with van der Waals surface area (Å²) in [5, 5.41) is 11.2. The molecule has 8 nitrogen and oxygen atoms in total. The molecule has 89 heavy (non-hydrogen) atoms. The summed E-state index contributed by atoms with van der Waals surface area (Å²) < 4.78 is 20.4. The second-order valence-corrected chi connectivity index (χ2v) is 23.1. The van der Waals surface area contributed by atoms with Crippen molar-refractivity contribution in [1.82, 2.24) is 28.7 Å². The first-order chi connectivity index (χ1) is 44.1. The van der Waals surface area contributed by atoms with Crippen LogP contribution in [0.2, 0.25) is 0 Å². The van der Waals surface area contributed by atoms with E-state index in [0.29, 0.717) is 17.5 Å². The van der Waals surface area contributed by atoms with Crippen molar-refractivity contribution in [2.24, 2.45) is 0 Å². The first kappa shape index (κ1) is 49.2. The molecule has 0 N–H and O–H groups in total. The van der Waals surface area contributed by atoms with Gasteiger partial charge in [0.2, 0.25) is 0 Å². The highest BCUT2D eigenvalue weighted by Gasteiger charge is 2.24. The third kappa shape index (κ3) is 7.57. The molecule has 13 aromatic carbocycles.